The highest BCUT2D eigenvalue weighted by molar-refractivity contribution is 7.85. The molecular weight excluding hydrogens is 486 g/mol. The summed E-state index contributed by atoms with van der Waals surface area (Å²) in [7, 11) is -4.13. The molecule has 0 aromatic heterocycles. The lowest BCUT2D eigenvalue weighted by atomic mass is 9.44. The van der Waals surface area contributed by atoms with E-state index in [0.29, 0.717) is 41.4 Å². The Labute approximate surface area is 225 Å². The normalized spacial score (nSPS) is 41.4. The van der Waals surface area contributed by atoms with E-state index in [1.807, 2.05) is 13.8 Å². The van der Waals surface area contributed by atoms with Crippen molar-refractivity contribution >= 4 is 16.0 Å². The van der Waals surface area contributed by atoms with E-state index in [0.717, 1.165) is 37.0 Å². The SMILES string of the molecule is CC(C)C[C@@H](CS(=O)(=O)O)NC(=O)CC[C@@H](C)[C@H]1CC[C@H]2[C@@H]3CC[C@@H]4C[C@H](O)CC[C@]4(C)[C@H]3CC[C@]12C. The average Bonchev–Trinajstić information content (AvgIpc) is 3.13. The fourth-order valence-electron chi connectivity index (χ4n) is 10.1. The van der Waals surface area contributed by atoms with Gasteiger partial charge in [-0.1, -0.05) is 34.6 Å². The van der Waals surface area contributed by atoms with Gasteiger partial charge in [0.25, 0.3) is 10.1 Å². The van der Waals surface area contributed by atoms with Crippen LogP contribution in [0, 0.1) is 52.3 Å². The molecular formula is C30H53NO5S. The highest BCUT2D eigenvalue weighted by Crippen LogP contribution is 2.68. The fraction of sp³-hybridized carbons (Fsp3) is 0.967. The van der Waals surface area contributed by atoms with E-state index in [1.165, 1.54) is 44.9 Å². The third-order valence-electron chi connectivity index (χ3n) is 11.8. The van der Waals surface area contributed by atoms with Gasteiger partial charge in [0, 0.05) is 12.5 Å². The molecule has 4 fully saturated rings. The van der Waals surface area contributed by atoms with Gasteiger partial charge in [-0.25, -0.2) is 0 Å². The number of amides is 1. The molecule has 0 unspecified atom stereocenters. The van der Waals surface area contributed by atoms with Crippen LogP contribution in [-0.2, 0) is 14.9 Å². The smallest absolute Gasteiger partial charge is 0.266 e. The largest absolute Gasteiger partial charge is 0.393 e. The Bertz CT molecular complexity index is 921. The van der Waals surface area contributed by atoms with Crippen molar-refractivity contribution < 1.29 is 22.9 Å². The molecule has 4 aliphatic rings. The molecule has 0 aromatic rings. The Morgan fingerprint density at radius 1 is 0.973 bits per heavy atom. The number of carbonyl (C=O) groups excluding carboxylic acids is 1. The monoisotopic (exact) mass is 539 g/mol. The Balaban J connectivity index is 1.35. The first-order valence-electron chi connectivity index (χ1n) is 15.2. The van der Waals surface area contributed by atoms with Gasteiger partial charge in [0.2, 0.25) is 5.91 Å². The summed E-state index contributed by atoms with van der Waals surface area (Å²) < 4.78 is 32.1. The summed E-state index contributed by atoms with van der Waals surface area (Å²) >= 11 is 0. The Hall–Kier alpha value is -0.660. The molecule has 10 atom stereocenters. The molecule has 0 bridgehead atoms. The minimum atomic E-state index is -4.13. The number of aliphatic hydroxyl groups excluding tert-OH is 1. The van der Waals surface area contributed by atoms with Gasteiger partial charge in [-0.15, -0.1) is 0 Å². The molecule has 4 rings (SSSR count). The molecule has 0 aromatic carbocycles. The van der Waals surface area contributed by atoms with Crippen molar-refractivity contribution in [2.75, 3.05) is 5.75 Å². The van der Waals surface area contributed by atoms with Gasteiger partial charge >= 0.3 is 0 Å². The van der Waals surface area contributed by atoms with Gasteiger partial charge in [0.15, 0.2) is 0 Å². The molecule has 7 heteroatoms. The van der Waals surface area contributed by atoms with Crippen molar-refractivity contribution in [1.29, 1.82) is 0 Å². The predicted octanol–water partition coefficient (Wildman–Crippen LogP) is 5.84. The molecule has 0 radical (unpaired) electrons. The van der Waals surface area contributed by atoms with Gasteiger partial charge in [-0.3, -0.25) is 9.35 Å². The van der Waals surface area contributed by atoms with Gasteiger partial charge in [0.1, 0.15) is 0 Å². The second-order valence-electron chi connectivity index (χ2n) is 14.5. The highest BCUT2D eigenvalue weighted by Gasteiger charge is 2.60. The van der Waals surface area contributed by atoms with Crippen LogP contribution in [0.1, 0.15) is 112 Å². The van der Waals surface area contributed by atoms with E-state index in [-0.39, 0.29) is 17.9 Å². The van der Waals surface area contributed by atoms with Crippen LogP contribution < -0.4 is 5.32 Å². The number of rotatable bonds is 9. The van der Waals surface area contributed by atoms with E-state index in [9.17, 15) is 22.9 Å². The first-order chi connectivity index (χ1) is 17.2. The van der Waals surface area contributed by atoms with Crippen LogP contribution in [0.3, 0.4) is 0 Å². The first-order valence-corrected chi connectivity index (χ1v) is 16.8. The molecule has 0 saturated heterocycles. The van der Waals surface area contributed by atoms with Crippen LogP contribution in [0.15, 0.2) is 0 Å². The van der Waals surface area contributed by atoms with Crippen molar-refractivity contribution in [3.63, 3.8) is 0 Å². The topological polar surface area (TPSA) is 104 Å². The summed E-state index contributed by atoms with van der Waals surface area (Å²) in [6, 6.07) is -0.543. The van der Waals surface area contributed by atoms with Crippen molar-refractivity contribution in [2.45, 2.75) is 124 Å². The highest BCUT2D eigenvalue weighted by atomic mass is 32.2. The fourth-order valence-corrected chi connectivity index (χ4v) is 10.8. The molecule has 1 amide bonds. The van der Waals surface area contributed by atoms with Crippen LogP contribution in [0.5, 0.6) is 0 Å². The summed E-state index contributed by atoms with van der Waals surface area (Å²) in [4.78, 5) is 12.8. The van der Waals surface area contributed by atoms with Crippen molar-refractivity contribution in [3.05, 3.63) is 0 Å². The van der Waals surface area contributed by atoms with Crippen molar-refractivity contribution in [2.24, 2.45) is 52.3 Å². The molecule has 4 aliphatic carbocycles. The van der Waals surface area contributed by atoms with E-state index in [4.69, 9.17) is 0 Å². The molecule has 0 aliphatic heterocycles. The summed E-state index contributed by atoms with van der Waals surface area (Å²) in [5.74, 6) is 3.89. The maximum Gasteiger partial charge on any atom is 0.266 e. The maximum absolute atomic E-state index is 12.8. The van der Waals surface area contributed by atoms with E-state index >= 15 is 0 Å². The number of hydrogen-bond acceptors (Lipinski definition) is 4. The molecule has 3 N–H and O–H groups in total. The van der Waals surface area contributed by atoms with Gasteiger partial charge in [0.05, 0.1) is 11.9 Å². The molecule has 6 nitrogen and oxygen atoms in total. The van der Waals surface area contributed by atoms with Crippen molar-refractivity contribution in [3.8, 4) is 0 Å². The van der Waals surface area contributed by atoms with E-state index in [1.54, 1.807) is 0 Å². The zero-order chi connectivity index (χ0) is 27.2. The number of aliphatic hydroxyl groups is 1. The second-order valence-corrected chi connectivity index (χ2v) is 16.0. The Morgan fingerprint density at radius 3 is 2.32 bits per heavy atom. The molecule has 0 heterocycles. The van der Waals surface area contributed by atoms with Crippen LogP contribution in [0.4, 0.5) is 0 Å². The number of carbonyl (C=O) groups is 1. The van der Waals surface area contributed by atoms with E-state index < -0.39 is 21.9 Å². The van der Waals surface area contributed by atoms with Gasteiger partial charge < -0.3 is 10.4 Å². The minimum absolute atomic E-state index is 0.0916. The van der Waals surface area contributed by atoms with Crippen molar-refractivity contribution in [1.82, 2.24) is 5.32 Å². The average molecular weight is 540 g/mol. The number of fused-ring (bicyclic) bond motifs is 5. The summed E-state index contributed by atoms with van der Waals surface area (Å²) in [6.45, 7) is 11.4. The number of hydrogen-bond donors (Lipinski definition) is 3. The first kappa shape index (κ1) is 29.3. The summed E-state index contributed by atoms with van der Waals surface area (Å²) in [5, 5.41) is 13.2. The lowest BCUT2D eigenvalue weighted by Crippen LogP contribution is -2.54. The summed E-state index contributed by atoms with van der Waals surface area (Å²) in [6.07, 6.45) is 12.6. The van der Waals surface area contributed by atoms with Gasteiger partial charge in [-0.05, 0) is 123 Å². The Kier molecular flexibility index (Phi) is 8.78. The van der Waals surface area contributed by atoms with Crippen LogP contribution >= 0.6 is 0 Å². The van der Waals surface area contributed by atoms with E-state index in [2.05, 4.69) is 26.1 Å². The third kappa shape index (κ3) is 6.24. The number of nitrogens with one attached hydrogen (secondary N) is 1. The molecule has 214 valence electrons. The minimum Gasteiger partial charge on any atom is -0.393 e. The molecule has 4 saturated carbocycles. The summed E-state index contributed by atoms with van der Waals surface area (Å²) in [5.41, 5.74) is 0.749. The Morgan fingerprint density at radius 2 is 1.65 bits per heavy atom. The molecule has 0 spiro atoms. The quantitative estimate of drug-likeness (QED) is 0.319. The molecule has 37 heavy (non-hydrogen) atoms. The zero-order valence-electron chi connectivity index (χ0n) is 23.9. The van der Waals surface area contributed by atoms with Crippen LogP contribution in [-0.4, -0.2) is 41.9 Å². The van der Waals surface area contributed by atoms with Crippen LogP contribution in [0.25, 0.3) is 0 Å². The van der Waals surface area contributed by atoms with Gasteiger partial charge in [-0.2, -0.15) is 8.42 Å². The zero-order valence-corrected chi connectivity index (χ0v) is 24.7. The third-order valence-corrected chi connectivity index (χ3v) is 12.6. The lowest BCUT2D eigenvalue weighted by Gasteiger charge is -2.61. The predicted molar refractivity (Wildman–Crippen MR) is 147 cm³/mol. The maximum atomic E-state index is 12.8. The van der Waals surface area contributed by atoms with Crippen LogP contribution in [0.2, 0.25) is 0 Å². The standard InChI is InChI=1S/C30H53NO5S/c1-19(2)16-22(18-37(34,35)36)31-28(33)11-6-20(3)25-9-10-26-24-8-7-21-17-23(32)12-14-29(21,4)27(24)13-15-30(25,26)5/h19-27,32H,6-18H2,1-5H3,(H,31,33)(H,34,35,36)/t20-,21-,22+,23-,24+,25-,26+,27+,29+,30-/m1/s1. The second kappa shape index (κ2) is 11.1. The lowest BCUT2D eigenvalue weighted by molar-refractivity contribution is -0.130.